The average molecular weight is 772 g/mol. The smallest absolute Gasteiger partial charge is 0.306 e. The van der Waals surface area contributed by atoms with E-state index in [9.17, 15) is 19.8 Å². The number of aliphatic hydroxyl groups is 2. The summed E-state index contributed by atoms with van der Waals surface area (Å²) in [6.07, 6.45) is 50.2. The molecule has 6 heteroatoms. The Bertz CT molecular complexity index is 957. The summed E-state index contributed by atoms with van der Waals surface area (Å²) < 4.78 is 5.89. The normalized spacial score (nSPS) is 13.8. The number of hydrogen-bond acceptors (Lipinski definition) is 5. The van der Waals surface area contributed by atoms with Crippen LogP contribution in [0.5, 0.6) is 0 Å². The summed E-state index contributed by atoms with van der Waals surface area (Å²) in [5, 5.41) is 23.6. The van der Waals surface area contributed by atoms with Gasteiger partial charge in [-0.3, -0.25) is 9.59 Å². The molecule has 0 fully saturated rings. The molecule has 0 radical (unpaired) electrons. The van der Waals surface area contributed by atoms with Gasteiger partial charge in [-0.25, -0.2) is 0 Å². The van der Waals surface area contributed by atoms with Crippen LogP contribution in [0, 0.1) is 0 Å². The maximum Gasteiger partial charge on any atom is 0.306 e. The number of ether oxygens (including phenoxy) is 1. The second-order valence-corrected chi connectivity index (χ2v) is 15.9. The van der Waals surface area contributed by atoms with Crippen molar-refractivity contribution in [1.82, 2.24) is 5.32 Å². The lowest BCUT2D eigenvalue weighted by Gasteiger charge is -2.24. The topological polar surface area (TPSA) is 95.9 Å². The molecule has 0 saturated heterocycles. The van der Waals surface area contributed by atoms with Gasteiger partial charge in [-0.05, 0) is 44.9 Å². The minimum absolute atomic E-state index is 0.0634. The third-order valence-electron chi connectivity index (χ3n) is 10.5. The van der Waals surface area contributed by atoms with Gasteiger partial charge in [0.15, 0.2) is 0 Å². The summed E-state index contributed by atoms with van der Waals surface area (Å²) in [4.78, 5) is 26.0. The molecule has 0 bridgehead atoms. The number of aliphatic hydroxyl groups excluding tert-OH is 2. The summed E-state index contributed by atoms with van der Waals surface area (Å²) in [6, 6.07) is -0.706. The van der Waals surface area contributed by atoms with E-state index in [-0.39, 0.29) is 24.9 Å². The standard InChI is InChI=1S/C49H89NO5/c1-4-7-10-13-16-19-22-24-26-28-31-34-37-40-45(55-49(54)42-39-36-33-30-27-25-23-20-17-14-11-8-5-2)43-48(53)50-46(44-51)47(52)41-38-35-32-29-21-18-15-12-9-6-3/h8,11,14,17,20,23,25,27,45-47,51-52H,4-7,9-10,12-13,15-16,18-19,21-22,24,26,28-44H2,1-3H3,(H,50,53)/b11-8+,17-14+,23-20-,27-25-. The third-order valence-corrected chi connectivity index (χ3v) is 10.5. The lowest BCUT2D eigenvalue weighted by atomic mass is 10.0. The molecule has 320 valence electrons. The highest BCUT2D eigenvalue weighted by Crippen LogP contribution is 2.18. The van der Waals surface area contributed by atoms with Crippen molar-refractivity contribution in [3.8, 4) is 0 Å². The van der Waals surface area contributed by atoms with Gasteiger partial charge in [-0.1, -0.05) is 217 Å². The third kappa shape index (κ3) is 38.5. The Hall–Kier alpha value is -2.18. The minimum Gasteiger partial charge on any atom is -0.462 e. The molecule has 0 aliphatic rings. The van der Waals surface area contributed by atoms with Gasteiger partial charge >= 0.3 is 5.97 Å². The van der Waals surface area contributed by atoms with Crippen LogP contribution >= 0.6 is 0 Å². The highest BCUT2D eigenvalue weighted by atomic mass is 16.5. The number of amides is 1. The van der Waals surface area contributed by atoms with Gasteiger partial charge in [-0.2, -0.15) is 0 Å². The van der Waals surface area contributed by atoms with Crippen molar-refractivity contribution in [1.29, 1.82) is 0 Å². The van der Waals surface area contributed by atoms with Crippen molar-refractivity contribution in [2.24, 2.45) is 0 Å². The second kappa shape index (κ2) is 43.0. The van der Waals surface area contributed by atoms with E-state index >= 15 is 0 Å². The Kier molecular flexibility index (Phi) is 41.2. The number of rotatable bonds is 41. The average Bonchev–Trinajstić information content (AvgIpc) is 3.18. The Morgan fingerprint density at radius 3 is 1.47 bits per heavy atom. The van der Waals surface area contributed by atoms with E-state index in [0.29, 0.717) is 19.3 Å². The Balaban J connectivity index is 4.66. The molecule has 3 atom stereocenters. The second-order valence-electron chi connectivity index (χ2n) is 15.9. The van der Waals surface area contributed by atoms with Crippen LogP contribution < -0.4 is 5.32 Å². The quantitative estimate of drug-likeness (QED) is 0.0327. The first-order valence-corrected chi connectivity index (χ1v) is 23.4. The highest BCUT2D eigenvalue weighted by Gasteiger charge is 2.24. The van der Waals surface area contributed by atoms with E-state index in [1.54, 1.807) is 0 Å². The van der Waals surface area contributed by atoms with E-state index in [1.165, 1.54) is 116 Å². The van der Waals surface area contributed by atoms with E-state index < -0.39 is 18.2 Å². The molecule has 55 heavy (non-hydrogen) atoms. The zero-order valence-corrected chi connectivity index (χ0v) is 36.3. The number of hydrogen-bond donors (Lipinski definition) is 3. The molecule has 0 aromatic carbocycles. The monoisotopic (exact) mass is 772 g/mol. The van der Waals surface area contributed by atoms with Crippen LogP contribution in [0.15, 0.2) is 48.6 Å². The van der Waals surface area contributed by atoms with Crippen LogP contribution in [-0.2, 0) is 14.3 Å². The number of unbranched alkanes of at least 4 members (excludes halogenated alkanes) is 24. The molecule has 0 aromatic heterocycles. The summed E-state index contributed by atoms with van der Waals surface area (Å²) in [6.45, 7) is 6.31. The molecule has 0 aliphatic carbocycles. The van der Waals surface area contributed by atoms with Crippen molar-refractivity contribution in [3.63, 3.8) is 0 Å². The molecule has 0 heterocycles. The van der Waals surface area contributed by atoms with Gasteiger partial charge in [0.25, 0.3) is 0 Å². The summed E-state index contributed by atoms with van der Waals surface area (Å²) >= 11 is 0. The van der Waals surface area contributed by atoms with Gasteiger partial charge in [0.1, 0.15) is 6.10 Å². The van der Waals surface area contributed by atoms with Gasteiger partial charge in [-0.15, -0.1) is 0 Å². The van der Waals surface area contributed by atoms with Gasteiger partial charge in [0.05, 0.1) is 25.2 Å². The van der Waals surface area contributed by atoms with Gasteiger partial charge in [0, 0.05) is 6.42 Å². The fourth-order valence-electron chi connectivity index (χ4n) is 6.97. The number of nitrogens with one attached hydrogen (secondary N) is 1. The van der Waals surface area contributed by atoms with Crippen LogP contribution in [0.25, 0.3) is 0 Å². The highest BCUT2D eigenvalue weighted by molar-refractivity contribution is 5.77. The molecule has 3 N–H and O–H groups in total. The fraction of sp³-hybridized carbons (Fsp3) is 0.796. The van der Waals surface area contributed by atoms with Gasteiger partial charge < -0.3 is 20.3 Å². The Labute approximate surface area is 340 Å². The molecule has 3 unspecified atom stereocenters. The maximum atomic E-state index is 13.1. The molecule has 0 saturated carbocycles. The van der Waals surface area contributed by atoms with E-state index in [1.807, 2.05) is 24.3 Å². The van der Waals surface area contributed by atoms with E-state index in [4.69, 9.17) is 4.74 Å². The number of esters is 1. The molecular formula is C49H89NO5. The first-order valence-electron chi connectivity index (χ1n) is 23.4. The lowest BCUT2D eigenvalue weighted by Crippen LogP contribution is -2.46. The predicted octanol–water partition coefficient (Wildman–Crippen LogP) is 13.5. The summed E-state index contributed by atoms with van der Waals surface area (Å²) in [5.41, 5.74) is 0. The number of allylic oxidation sites excluding steroid dienone is 8. The molecule has 1 amide bonds. The molecule has 0 rings (SSSR count). The summed E-state index contributed by atoms with van der Waals surface area (Å²) in [5.74, 6) is -0.517. The Morgan fingerprint density at radius 2 is 0.982 bits per heavy atom. The van der Waals surface area contributed by atoms with Crippen LogP contribution in [0.2, 0.25) is 0 Å². The molecule has 0 aromatic rings. The van der Waals surface area contributed by atoms with E-state index in [2.05, 4.69) is 50.4 Å². The van der Waals surface area contributed by atoms with Crippen molar-refractivity contribution < 1.29 is 24.5 Å². The predicted molar refractivity (Wildman–Crippen MR) is 236 cm³/mol. The molecule has 6 nitrogen and oxygen atoms in total. The van der Waals surface area contributed by atoms with Crippen LogP contribution in [-0.4, -0.2) is 46.9 Å². The molecular weight excluding hydrogens is 683 g/mol. The molecule has 0 aliphatic heterocycles. The summed E-state index contributed by atoms with van der Waals surface area (Å²) in [7, 11) is 0. The van der Waals surface area contributed by atoms with Crippen LogP contribution in [0.3, 0.4) is 0 Å². The first kappa shape index (κ1) is 52.8. The van der Waals surface area contributed by atoms with Crippen molar-refractivity contribution in [2.75, 3.05) is 6.61 Å². The first-order chi connectivity index (χ1) is 27.0. The SMILES string of the molecule is CC/C=C/C=C/C=C\C=C/CCCCCC(=O)OC(CCCCCCCCCCCCCCC)CC(=O)NC(CO)C(O)CCCCCCCCCCCC. The van der Waals surface area contributed by atoms with Crippen molar-refractivity contribution in [2.45, 2.75) is 244 Å². The zero-order valence-electron chi connectivity index (χ0n) is 36.3. The van der Waals surface area contributed by atoms with Gasteiger partial charge in [0.2, 0.25) is 5.91 Å². The zero-order chi connectivity index (χ0) is 40.3. The minimum atomic E-state index is -0.791. The van der Waals surface area contributed by atoms with Crippen molar-refractivity contribution in [3.05, 3.63) is 48.6 Å². The van der Waals surface area contributed by atoms with E-state index in [0.717, 1.165) is 64.2 Å². The Morgan fingerprint density at radius 1 is 0.545 bits per heavy atom. The maximum absolute atomic E-state index is 13.1. The fourth-order valence-corrected chi connectivity index (χ4v) is 6.97. The lowest BCUT2D eigenvalue weighted by molar-refractivity contribution is -0.151. The largest absolute Gasteiger partial charge is 0.462 e. The van der Waals surface area contributed by atoms with Crippen LogP contribution in [0.1, 0.15) is 226 Å². The van der Waals surface area contributed by atoms with Crippen molar-refractivity contribution >= 4 is 11.9 Å². The number of carbonyl (C=O) groups is 2. The molecule has 0 spiro atoms. The number of carbonyl (C=O) groups excluding carboxylic acids is 2. The van der Waals surface area contributed by atoms with Crippen LogP contribution in [0.4, 0.5) is 0 Å².